The molecular weight excluding hydrogens is 378 g/mol. The van der Waals surface area contributed by atoms with Gasteiger partial charge in [0.2, 0.25) is 0 Å². The molecule has 0 bridgehead atoms. The second kappa shape index (κ2) is 9.92. The standard InChI is InChI=1S/C20H26BrN3O/c21-19-14-18(15-23-10-13-24-11-8-22-9-12-24)6-7-20(19)25-16-17-4-2-1-3-5-17/h1-7,14,22-23H,8-13,15-16H2. The molecule has 2 aromatic carbocycles. The molecule has 3 rings (SSSR count). The van der Waals surface area contributed by atoms with Crippen molar-refractivity contribution >= 4 is 15.9 Å². The Morgan fingerprint density at radius 3 is 2.60 bits per heavy atom. The van der Waals surface area contributed by atoms with Gasteiger partial charge in [-0.05, 0) is 39.2 Å². The molecule has 2 aromatic rings. The third-order valence-corrected chi connectivity index (χ3v) is 5.00. The molecule has 1 fully saturated rings. The number of ether oxygens (including phenoxy) is 1. The molecule has 5 heteroatoms. The number of nitrogens with one attached hydrogen (secondary N) is 2. The highest BCUT2D eigenvalue weighted by molar-refractivity contribution is 9.10. The fourth-order valence-electron chi connectivity index (χ4n) is 2.91. The summed E-state index contributed by atoms with van der Waals surface area (Å²) < 4.78 is 6.91. The summed E-state index contributed by atoms with van der Waals surface area (Å²) in [5, 5.41) is 6.91. The van der Waals surface area contributed by atoms with E-state index in [0.29, 0.717) is 6.61 Å². The Morgan fingerprint density at radius 2 is 1.84 bits per heavy atom. The summed E-state index contributed by atoms with van der Waals surface area (Å²) in [5.41, 5.74) is 2.44. The molecule has 1 heterocycles. The molecule has 0 radical (unpaired) electrons. The Balaban J connectivity index is 1.41. The fourth-order valence-corrected chi connectivity index (χ4v) is 3.45. The van der Waals surface area contributed by atoms with E-state index in [9.17, 15) is 0 Å². The quantitative estimate of drug-likeness (QED) is 0.664. The van der Waals surface area contributed by atoms with Gasteiger partial charge in [0.1, 0.15) is 12.4 Å². The van der Waals surface area contributed by atoms with Crippen LogP contribution in [0.3, 0.4) is 0 Å². The van der Waals surface area contributed by atoms with Crippen LogP contribution in [0.5, 0.6) is 5.75 Å². The van der Waals surface area contributed by atoms with Gasteiger partial charge in [-0.1, -0.05) is 36.4 Å². The molecule has 0 spiro atoms. The van der Waals surface area contributed by atoms with Gasteiger partial charge < -0.3 is 15.4 Å². The van der Waals surface area contributed by atoms with E-state index < -0.39 is 0 Å². The second-order valence-electron chi connectivity index (χ2n) is 6.31. The first-order valence-corrected chi connectivity index (χ1v) is 9.69. The van der Waals surface area contributed by atoms with E-state index in [1.54, 1.807) is 0 Å². The van der Waals surface area contributed by atoms with Gasteiger partial charge in [0.05, 0.1) is 4.47 Å². The van der Waals surface area contributed by atoms with Crippen LogP contribution >= 0.6 is 15.9 Å². The highest BCUT2D eigenvalue weighted by atomic mass is 79.9. The van der Waals surface area contributed by atoms with Gasteiger partial charge in [-0.3, -0.25) is 4.90 Å². The Labute approximate surface area is 158 Å². The predicted octanol–water partition coefficient (Wildman–Crippen LogP) is 3.02. The number of halogens is 1. The molecule has 134 valence electrons. The Hall–Kier alpha value is -1.40. The first-order chi connectivity index (χ1) is 12.3. The third-order valence-electron chi connectivity index (χ3n) is 4.38. The summed E-state index contributed by atoms with van der Waals surface area (Å²) in [6.45, 7) is 8.12. The lowest BCUT2D eigenvalue weighted by atomic mass is 10.2. The first-order valence-electron chi connectivity index (χ1n) is 8.90. The molecule has 0 unspecified atom stereocenters. The van der Waals surface area contributed by atoms with Gasteiger partial charge in [-0.15, -0.1) is 0 Å². The number of benzene rings is 2. The van der Waals surface area contributed by atoms with E-state index in [2.05, 4.69) is 55.7 Å². The largest absolute Gasteiger partial charge is 0.488 e. The highest BCUT2D eigenvalue weighted by Crippen LogP contribution is 2.26. The average Bonchev–Trinajstić information content (AvgIpc) is 2.66. The maximum atomic E-state index is 5.90. The molecular formula is C20H26BrN3O. The van der Waals surface area contributed by atoms with Crippen LogP contribution in [-0.2, 0) is 13.2 Å². The molecule has 25 heavy (non-hydrogen) atoms. The number of hydrogen-bond acceptors (Lipinski definition) is 4. The molecule has 0 aliphatic carbocycles. The van der Waals surface area contributed by atoms with Crippen LogP contribution in [0.1, 0.15) is 11.1 Å². The lowest BCUT2D eigenvalue weighted by Gasteiger charge is -2.27. The van der Waals surface area contributed by atoms with Crippen molar-refractivity contribution in [3.8, 4) is 5.75 Å². The van der Waals surface area contributed by atoms with Gasteiger partial charge in [-0.2, -0.15) is 0 Å². The van der Waals surface area contributed by atoms with E-state index in [0.717, 1.165) is 56.0 Å². The lowest BCUT2D eigenvalue weighted by Crippen LogP contribution is -2.45. The summed E-state index contributed by atoms with van der Waals surface area (Å²) in [6, 6.07) is 16.5. The average molecular weight is 404 g/mol. The van der Waals surface area contributed by atoms with E-state index in [1.807, 2.05) is 24.3 Å². The maximum Gasteiger partial charge on any atom is 0.134 e. The minimum atomic E-state index is 0.585. The van der Waals surface area contributed by atoms with Crippen molar-refractivity contribution in [1.29, 1.82) is 0 Å². The molecule has 0 saturated carbocycles. The zero-order chi connectivity index (χ0) is 17.3. The van der Waals surface area contributed by atoms with Gasteiger partial charge in [0.25, 0.3) is 0 Å². The molecule has 1 saturated heterocycles. The minimum absolute atomic E-state index is 0.585. The third kappa shape index (κ3) is 6.12. The topological polar surface area (TPSA) is 36.5 Å². The maximum absolute atomic E-state index is 5.90. The Bertz CT molecular complexity index is 645. The van der Waals surface area contributed by atoms with Crippen LogP contribution < -0.4 is 15.4 Å². The Morgan fingerprint density at radius 1 is 1.04 bits per heavy atom. The van der Waals surface area contributed by atoms with Crippen molar-refractivity contribution < 1.29 is 4.74 Å². The molecule has 2 N–H and O–H groups in total. The van der Waals surface area contributed by atoms with Crippen molar-refractivity contribution in [1.82, 2.24) is 15.5 Å². The first kappa shape index (κ1) is 18.4. The Kier molecular flexibility index (Phi) is 7.30. The zero-order valence-electron chi connectivity index (χ0n) is 14.5. The predicted molar refractivity (Wildman–Crippen MR) is 106 cm³/mol. The summed E-state index contributed by atoms with van der Waals surface area (Å²) >= 11 is 3.62. The van der Waals surface area contributed by atoms with Crippen LogP contribution in [0.2, 0.25) is 0 Å². The lowest BCUT2D eigenvalue weighted by molar-refractivity contribution is 0.241. The molecule has 0 amide bonds. The minimum Gasteiger partial charge on any atom is -0.488 e. The summed E-state index contributed by atoms with van der Waals surface area (Å²) in [4.78, 5) is 2.50. The summed E-state index contributed by atoms with van der Waals surface area (Å²) in [5.74, 6) is 0.883. The van der Waals surface area contributed by atoms with E-state index in [4.69, 9.17) is 4.74 Å². The highest BCUT2D eigenvalue weighted by Gasteiger charge is 2.08. The SMILES string of the molecule is Brc1cc(CNCCN2CCNCC2)ccc1OCc1ccccc1. The van der Waals surface area contributed by atoms with Crippen molar-refractivity contribution in [3.63, 3.8) is 0 Å². The van der Waals surface area contributed by atoms with E-state index in [-0.39, 0.29) is 0 Å². The van der Waals surface area contributed by atoms with Crippen LogP contribution in [0.15, 0.2) is 53.0 Å². The van der Waals surface area contributed by atoms with E-state index in [1.165, 1.54) is 11.1 Å². The zero-order valence-corrected chi connectivity index (χ0v) is 16.1. The van der Waals surface area contributed by atoms with Crippen molar-refractivity contribution in [2.75, 3.05) is 39.3 Å². The fraction of sp³-hybridized carbons (Fsp3) is 0.400. The normalized spacial score (nSPS) is 15.2. The van der Waals surface area contributed by atoms with Crippen LogP contribution in [0.4, 0.5) is 0 Å². The number of nitrogens with zero attached hydrogens (tertiary/aromatic N) is 1. The van der Waals surface area contributed by atoms with Gasteiger partial charge in [0.15, 0.2) is 0 Å². The monoisotopic (exact) mass is 403 g/mol. The number of piperazine rings is 1. The van der Waals surface area contributed by atoms with Crippen molar-refractivity contribution in [3.05, 3.63) is 64.1 Å². The summed E-state index contributed by atoms with van der Waals surface area (Å²) in [6.07, 6.45) is 0. The van der Waals surface area contributed by atoms with Gasteiger partial charge in [0, 0.05) is 45.8 Å². The van der Waals surface area contributed by atoms with Gasteiger partial charge in [-0.25, -0.2) is 0 Å². The smallest absolute Gasteiger partial charge is 0.134 e. The summed E-state index contributed by atoms with van der Waals surface area (Å²) in [7, 11) is 0. The molecule has 4 nitrogen and oxygen atoms in total. The van der Waals surface area contributed by atoms with Crippen LogP contribution in [0, 0.1) is 0 Å². The van der Waals surface area contributed by atoms with Crippen molar-refractivity contribution in [2.24, 2.45) is 0 Å². The number of rotatable bonds is 8. The molecule has 1 aliphatic heterocycles. The van der Waals surface area contributed by atoms with Crippen LogP contribution in [-0.4, -0.2) is 44.2 Å². The van der Waals surface area contributed by atoms with Crippen molar-refractivity contribution in [2.45, 2.75) is 13.2 Å². The molecule has 0 aromatic heterocycles. The van der Waals surface area contributed by atoms with E-state index >= 15 is 0 Å². The second-order valence-corrected chi connectivity index (χ2v) is 7.16. The molecule has 1 aliphatic rings. The number of hydrogen-bond donors (Lipinski definition) is 2. The molecule has 0 atom stereocenters. The van der Waals surface area contributed by atoms with Crippen LogP contribution in [0.25, 0.3) is 0 Å². The van der Waals surface area contributed by atoms with Gasteiger partial charge >= 0.3 is 0 Å².